The van der Waals surface area contributed by atoms with Crippen LogP contribution in [0.2, 0.25) is 0 Å². The zero-order chi connectivity index (χ0) is 14.5. The fraction of sp³-hybridized carbons (Fsp3) is 0.333. The number of alkyl halides is 2. The number of rotatable bonds is 6. The number of nitrogens with one attached hydrogen (secondary N) is 1. The number of benzene rings is 1. The maximum atomic E-state index is 12.3. The third-order valence-electron chi connectivity index (χ3n) is 2.48. The third-order valence-corrected chi connectivity index (χ3v) is 2.98. The summed E-state index contributed by atoms with van der Waals surface area (Å²) >= 11 is 3.30. The number of ether oxygens (including phenoxy) is 1. The van der Waals surface area contributed by atoms with Gasteiger partial charge in [0, 0.05) is 23.6 Å². The minimum Gasteiger partial charge on any atom is -0.434 e. The first-order chi connectivity index (χ1) is 9.54. The van der Waals surface area contributed by atoms with Gasteiger partial charge in [0.15, 0.2) is 5.82 Å². The highest BCUT2D eigenvalue weighted by atomic mass is 79.9. The molecular weight excluding hydrogens is 334 g/mol. The van der Waals surface area contributed by atoms with E-state index in [0.29, 0.717) is 24.5 Å². The molecule has 0 aliphatic carbocycles. The van der Waals surface area contributed by atoms with Crippen LogP contribution in [0.5, 0.6) is 5.75 Å². The highest BCUT2D eigenvalue weighted by Crippen LogP contribution is 2.24. The molecule has 2 aromatic rings. The minimum atomic E-state index is -2.84. The van der Waals surface area contributed by atoms with Crippen LogP contribution in [0.15, 0.2) is 29.0 Å². The quantitative estimate of drug-likeness (QED) is 0.872. The monoisotopic (exact) mass is 346 g/mol. The van der Waals surface area contributed by atoms with Gasteiger partial charge >= 0.3 is 6.61 Å². The Hall–Kier alpha value is -1.54. The molecule has 0 saturated heterocycles. The molecule has 0 amide bonds. The normalized spacial score (nSPS) is 11.1. The van der Waals surface area contributed by atoms with E-state index in [9.17, 15) is 8.78 Å². The van der Waals surface area contributed by atoms with Crippen LogP contribution in [0.4, 0.5) is 8.78 Å². The summed E-state index contributed by atoms with van der Waals surface area (Å²) in [5, 5.41) is 7.20. The second-order valence-electron chi connectivity index (χ2n) is 4.07. The van der Waals surface area contributed by atoms with Crippen molar-refractivity contribution < 1.29 is 13.5 Å². The maximum absolute atomic E-state index is 12.3. The van der Waals surface area contributed by atoms with Crippen LogP contribution in [0.3, 0.4) is 0 Å². The zero-order valence-electron chi connectivity index (χ0n) is 10.7. The van der Waals surface area contributed by atoms with E-state index in [1.165, 1.54) is 6.07 Å². The molecule has 0 bridgehead atoms. The van der Waals surface area contributed by atoms with Gasteiger partial charge in [0.1, 0.15) is 12.1 Å². The summed E-state index contributed by atoms with van der Waals surface area (Å²) in [6.45, 7) is -2.02. The van der Waals surface area contributed by atoms with E-state index in [-0.39, 0.29) is 5.75 Å². The molecule has 2 rings (SSSR count). The lowest BCUT2D eigenvalue weighted by Crippen LogP contribution is -2.15. The number of halogens is 3. The topological polar surface area (TPSA) is 52.0 Å². The van der Waals surface area contributed by atoms with E-state index in [1.54, 1.807) is 30.2 Å². The van der Waals surface area contributed by atoms with Crippen LogP contribution in [-0.2, 0) is 20.1 Å². The third kappa shape index (κ3) is 4.24. The molecule has 0 aliphatic heterocycles. The fourth-order valence-corrected chi connectivity index (χ4v) is 2.08. The molecule has 108 valence electrons. The molecule has 1 heterocycles. The summed E-state index contributed by atoms with van der Waals surface area (Å²) in [5.74, 6) is 0.795. The molecule has 1 N–H and O–H groups in total. The van der Waals surface area contributed by atoms with Crippen LogP contribution >= 0.6 is 15.9 Å². The summed E-state index contributed by atoms with van der Waals surface area (Å²) in [4.78, 5) is 4.06. The van der Waals surface area contributed by atoms with Gasteiger partial charge in [-0.15, -0.1) is 0 Å². The van der Waals surface area contributed by atoms with Crippen molar-refractivity contribution in [1.29, 1.82) is 0 Å². The summed E-state index contributed by atoms with van der Waals surface area (Å²) < 4.78 is 31.5. The molecule has 1 aromatic carbocycles. The number of aryl methyl sites for hydroxylation is 1. The summed E-state index contributed by atoms with van der Waals surface area (Å²) in [5.41, 5.74) is 0.635. The summed E-state index contributed by atoms with van der Waals surface area (Å²) in [7, 11) is 1.78. The molecule has 0 aliphatic rings. The number of hydrogen-bond acceptors (Lipinski definition) is 4. The van der Waals surface area contributed by atoms with Gasteiger partial charge in [0.2, 0.25) is 0 Å². The van der Waals surface area contributed by atoms with Crippen molar-refractivity contribution in [2.75, 3.05) is 0 Å². The molecule has 5 nitrogen and oxygen atoms in total. The van der Waals surface area contributed by atoms with E-state index in [0.717, 1.165) is 4.47 Å². The van der Waals surface area contributed by atoms with Crippen LogP contribution in [0.1, 0.15) is 11.4 Å². The lowest BCUT2D eigenvalue weighted by atomic mass is 10.2. The highest BCUT2D eigenvalue weighted by molar-refractivity contribution is 9.10. The van der Waals surface area contributed by atoms with E-state index < -0.39 is 6.61 Å². The summed E-state index contributed by atoms with van der Waals surface area (Å²) in [6.07, 6.45) is 1.60. The van der Waals surface area contributed by atoms with Gasteiger partial charge in [0.25, 0.3) is 0 Å². The molecule has 1 aromatic heterocycles. The van der Waals surface area contributed by atoms with Gasteiger partial charge in [-0.3, -0.25) is 4.68 Å². The Bertz CT molecular complexity index is 576. The van der Waals surface area contributed by atoms with Crippen molar-refractivity contribution in [3.63, 3.8) is 0 Å². The van der Waals surface area contributed by atoms with Crippen LogP contribution in [-0.4, -0.2) is 21.4 Å². The molecule has 0 unspecified atom stereocenters. The van der Waals surface area contributed by atoms with Gasteiger partial charge in [0.05, 0.1) is 6.54 Å². The SMILES string of the molecule is Cn1cnc(CNCc2cc(Br)ccc2OC(F)F)n1. The first-order valence-electron chi connectivity index (χ1n) is 5.83. The highest BCUT2D eigenvalue weighted by Gasteiger charge is 2.10. The fourth-order valence-electron chi connectivity index (χ4n) is 1.67. The van der Waals surface area contributed by atoms with Gasteiger partial charge in [-0.2, -0.15) is 13.9 Å². The Morgan fingerprint density at radius 2 is 2.20 bits per heavy atom. The number of hydrogen-bond donors (Lipinski definition) is 1. The van der Waals surface area contributed by atoms with E-state index in [4.69, 9.17) is 0 Å². The number of aromatic nitrogens is 3. The molecule has 0 saturated carbocycles. The molecule has 0 atom stereocenters. The second-order valence-corrected chi connectivity index (χ2v) is 4.98. The van der Waals surface area contributed by atoms with Crippen molar-refractivity contribution in [1.82, 2.24) is 20.1 Å². The summed E-state index contributed by atoms with van der Waals surface area (Å²) in [6, 6.07) is 4.89. The van der Waals surface area contributed by atoms with Gasteiger partial charge in [-0.05, 0) is 18.2 Å². The average Bonchev–Trinajstić information content (AvgIpc) is 2.78. The van der Waals surface area contributed by atoms with Crippen molar-refractivity contribution in [3.05, 3.63) is 40.4 Å². The van der Waals surface area contributed by atoms with Crippen LogP contribution in [0.25, 0.3) is 0 Å². The van der Waals surface area contributed by atoms with Gasteiger partial charge in [-0.25, -0.2) is 4.98 Å². The number of nitrogens with zero attached hydrogens (tertiary/aromatic N) is 3. The molecule has 8 heteroatoms. The van der Waals surface area contributed by atoms with Crippen molar-refractivity contribution in [2.45, 2.75) is 19.7 Å². The Balaban J connectivity index is 1.98. The first kappa shape index (κ1) is 14.9. The average molecular weight is 347 g/mol. The van der Waals surface area contributed by atoms with Crippen LogP contribution < -0.4 is 10.1 Å². The lowest BCUT2D eigenvalue weighted by molar-refractivity contribution is -0.0505. The molecule has 0 fully saturated rings. The Morgan fingerprint density at radius 1 is 1.40 bits per heavy atom. The molecule has 0 radical (unpaired) electrons. The van der Waals surface area contributed by atoms with Crippen LogP contribution in [0, 0.1) is 0 Å². The maximum Gasteiger partial charge on any atom is 0.387 e. The largest absolute Gasteiger partial charge is 0.434 e. The van der Waals surface area contributed by atoms with E-state index >= 15 is 0 Å². The standard InChI is InChI=1S/C12H13BrF2N4O/c1-19-7-17-11(18-19)6-16-5-8-4-9(13)2-3-10(8)20-12(14)15/h2-4,7,12,16H,5-6H2,1H3. The second kappa shape index (κ2) is 6.76. The molecule has 0 spiro atoms. The minimum absolute atomic E-state index is 0.157. The first-order valence-corrected chi connectivity index (χ1v) is 6.62. The predicted molar refractivity (Wildman–Crippen MR) is 72.3 cm³/mol. The molecular formula is C12H13BrF2N4O. The van der Waals surface area contributed by atoms with Crippen molar-refractivity contribution in [3.8, 4) is 5.75 Å². The van der Waals surface area contributed by atoms with E-state index in [1.807, 2.05) is 0 Å². The lowest BCUT2D eigenvalue weighted by Gasteiger charge is -2.11. The van der Waals surface area contributed by atoms with Crippen molar-refractivity contribution in [2.24, 2.45) is 7.05 Å². The molecule has 20 heavy (non-hydrogen) atoms. The Labute approximate surface area is 123 Å². The predicted octanol–water partition coefficient (Wildman–Crippen LogP) is 2.47. The van der Waals surface area contributed by atoms with E-state index in [2.05, 4.69) is 36.1 Å². The Kier molecular flexibility index (Phi) is 5.02. The van der Waals surface area contributed by atoms with Gasteiger partial charge in [-0.1, -0.05) is 15.9 Å². The van der Waals surface area contributed by atoms with Gasteiger partial charge < -0.3 is 10.1 Å². The van der Waals surface area contributed by atoms with Crippen molar-refractivity contribution >= 4 is 15.9 Å². The smallest absolute Gasteiger partial charge is 0.387 e. The zero-order valence-corrected chi connectivity index (χ0v) is 12.3. The Morgan fingerprint density at radius 3 is 2.85 bits per heavy atom.